The third kappa shape index (κ3) is 5.43. The summed E-state index contributed by atoms with van der Waals surface area (Å²) in [5, 5.41) is 11.2. The number of esters is 1. The van der Waals surface area contributed by atoms with Crippen LogP contribution >= 0.6 is 0 Å². The van der Waals surface area contributed by atoms with E-state index in [1.54, 1.807) is 13.8 Å². The van der Waals surface area contributed by atoms with Crippen LogP contribution in [0.2, 0.25) is 0 Å². The average Bonchev–Trinajstić information content (AvgIpc) is 2.49. The largest absolute Gasteiger partial charge is 0.493 e. The number of rotatable bonds is 9. The van der Waals surface area contributed by atoms with Crippen LogP contribution in [0, 0.1) is 10.1 Å². The highest BCUT2D eigenvalue weighted by atomic mass is 16.6. The van der Waals surface area contributed by atoms with Crippen molar-refractivity contribution < 1.29 is 23.9 Å². The molecule has 0 atom stereocenters. The fourth-order valence-electron chi connectivity index (χ4n) is 1.79. The minimum Gasteiger partial charge on any atom is -0.493 e. The summed E-state index contributed by atoms with van der Waals surface area (Å²) in [4.78, 5) is 22.8. The van der Waals surface area contributed by atoms with E-state index in [1.807, 2.05) is 13.8 Å². The van der Waals surface area contributed by atoms with E-state index in [9.17, 15) is 14.9 Å². The Labute approximate surface area is 135 Å². The lowest BCUT2D eigenvalue weighted by molar-refractivity contribution is -0.385. The predicted octanol–water partition coefficient (Wildman–Crippen LogP) is 3.74. The molecular weight excluding hydrogens is 302 g/mol. The van der Waals surface area contributed by atoms with Crippen molar-refractivity contribution >= 4 is 11.7 Å². The van der Waals surface area contributed by atoms with E-state index in [2.05, 4.69) is 0 Å². The van der Waals surface area contributed by atoms with Gasteiger partial charge in [0.2, 0.25) is 5.75 Å². The van der Waals surface area contributed by atoms with Crippen molar-refractivity contribution in [3.8, 4) is 11.5 Å². The molecule has 1 rings (SSSR count). The summed E-state index contributed by atoms with van der Waals surface area (Å²) in [5.41, 5.74) is -0.249. The maximum Gasteiger partial charge on any atom is 0.342 e. The smallest absolute Gasteiger partial charge is 0.342 e. The van der Waals surface area contributed by atoms with Crippen LogP contribution in [0.1, 0.15) is 50.9 Å². The topological polar surface area (TPSA) is 87.9 Å². The minimum absolute atomic E-state index is 0.0303. The molecule has 1 aromatic rings. The first kappa shape index (κ1) is 18.7. The number of nitro benzene ring substituents is 1. The van der Waals surface area contributed by atoms with Gasteiger partial charge in [0, 0.05) is 12.1 Å². The molecule has 0 amide bonds. The summed E-state index contributed by atoms with van der Waals surface area (Å²) >= 11 is 0. The highest BCUT2D eigenvalue weighted by molar-refractivity contribution is 5.94. The van der Waals surface area contributed by atoms with Crippen molar-refractivity contribution in [1.82, 2.24) is 0 Å². The number of nitro groups is 1. The number of hydrogen-bond acceptors (Lipinski definition) is 6. The number of carbonyl (C=O) groups is 1. The molecule has 0 aromatic heterocycles. The molecule has 23 heavy (non-hydrogen) atoms. The molecule has 0 aliphatic carbocycles. The summed E-state index contributed by atoms with van der Waals surface area (Å²) < 4.78 is 16.1. The minimum atomic E-state index is -0.656. The van der Waals surface area contributed by atoms with Crippen molar-refractivity contribution in [3.05, 3.63) is 27.8 Å². The third-order valence-electron chi connectivity index (χ3n) is 2.74. The Balaban J connectivity index is 3.30. The molecule has 0 aliphatic rings. The van der Waals surface area contributed by atoms with Crippen LogP contribution < -0.4 is 9.47 Å². The Morgan fingerprint density at radius 1 is 1.13 bits per heavy atom. The maximum absolute atomic E-state index is 12.2. The zero-order chi connectivity index (χ0) is 17.4. The van der Waals surface area contributed by atoms with Gasteiger partial charge in [-0.25, -0.2) is 4.79 Å². The molecule has 1 aromatic carbocycles. The van der Waals surface area contributed by atoms with Gasteiger partial charge in [-0.15, -0.1) is 0 Å². The van der Waals surface area contributed by atoms with E-state index in [0.717, 1.165) is 12.5 Å². The molecule has 0 bridgehead atoms. The second kappa shape index (κ2) is 8.97. The quantitative estimate of drug-likeness (QED) is 0.390. The van der Waals surface area contributed by atoms with Crippen LogP contribution in [0.3, 0.4) is 0 Å². The Hall–Kier alpha value is -2.31. The monoisotopic (exact) mass is 325 g/mol. The Morgan fingerprint density at radius 2 is 1.70 bits per heavy atom. The molecule has 7 heteroatoms. The summed E-state index contributed by atoms with van der Waals surface area (Å²) in [6.07, 6.45) is 1.11. The van der Waals surface area contributed by atoms with E-state index in [4.69, 9.17) is 14.2 Å². The van der Waals surface area contributed by atoms with Gasteiger partial charge in [0.25, 0.3) is 0 Å². The number of ether oxygens (including phenoxy) is 3. The highest BCUT2D eigenvalue weighted by Gasteiger charge is 2.25. The maximum atomic E-state index is 12.2. The fraction of sp³-hybridized carbons (Fsp3) is 0.562. The molecule has 0 unspecified atom stereocenters. The predicted molar refractivity (Wildman–Crippen MR) is 85.2 cm³/mol. The standard InChI is InChI=1S/C16H23NO6/c1-5-7-21-14-10-15(22-8-6-2)13(17(19)20)9-12(14)16(18)23-11(3)4/h9-11H,5-8H2,1-4H3. The van der Waals surface area contributed by atoms with Gasteiger partial charge in [0.15, 0.2) is 0 Å². The summed E-state index contributed by atoms with van der Waals surface area (Å²) in [5.74, 6) is -0.338. The molecule has 0 heterocycles. The van der Waals surface area contributed by atoms with E-state index < -0.39 is 10.9 Å². The number of nitrogens with zero attached hydrogens (tertiary/aromatic N) is 1. The summed E-state index contributed by atoms with van der Waals surface area (Å²) in [6, 6.07) is 2.54. The first-order valence-corrected chi connectivity index (χ1v) is 7.69. The zero-order valence-corrected chi connectivity index (χ0v) is 14.0. The van der Waals surface area contributed by atoms with Crippen LogP contribution in [-0.4, -0.2) is 30.2 Å². The van der Waals surface area contributed by atoms with Crippen LogP contribution in [-0.2, 0) is 4.74 Å². The molecule has 0 saturated carbocycles. The molecule has 0 saturated heterocycles. The number of benzene rings is 1. The number of hydrogen-bond donors (Lipinski definition) is 0. The summed E-state index contributed by atoms with van der Waals surface area (Å²) in [7, 11) is 0. The molecular formula is C16H23NO6. The Morgan fingerprint density at radius 3 is 2.17 bits per heavy atom. The first-order chi connectivity index (χ1) is 10.9. The summed E-state index contributed by atoms with van der Waals surface area (Å²) in [6.45, 7) is 7.95. The average molecular weight is 325 g/mol. The van der Waals surface area contributed by atoms with E-state index in [1.165, 1.54) is 6.07 Å². The van der Waals surface area contributed by atoms with E-state index in [0.29, 0.717) is 19.6 Å². The Kier molecular flexibility index (Phi) is 7.31. The van der Waals surface area contributed by atoms with Crippen molar-refractivity contribution in [2.24, 2.45) is 0 Å². The van der Waals surface area contributed by atoms with Gasteiger partial charge in [-0.1, -0.05) is 13.8 Å². The van der Waals surface area contributed by atoms with Gasteiger partial charge < -0.3 is 14.2 Å². The van der Waals surface area contributed by atoms with Gasteiger partial charge in [0.1, 0.15) is 11.3 Å². The lowest BCUT2D eigenvalue weighted by atomic mass is 10.1. The van der Waals surface area contributed by atoms with Crippen molar-refractivity contribution in [2.75, 3.05) is 13.2 Å². The van der Waals surface area contributed by atoms with Gasteiger partial charge >= 0.3 is 11.7 Å². The van der Waals surface area contributed by atoms with Crippen LogP contribution in [0.25, 0.3) is 0 Å². The molecule has 7 nitrogen and oxygen atoms in total. The van der Waals surface area contributed by atoms with Crippen LogP contribution in [0.15, 0.2) is 12.1 Å². The SMILES string of the molecule is CCCOc1cc(OCCC)c([N+](=O)[O-])cc1C(=O)OC(C)C. The number of carbonyl (C=O) groups excluding carboxylic acids is 1. The normalized spacial score (nSPS) is 10.5. The lowest BCUT2D eigenvalue weighted by Gasteiger charge is -2.14. The first-order valence-electron chi connectivity index (χ1n) is 7.69. The van der Waals surface area contributed by atoms with Crippen LogP contribution in [0.4, 0.5) is 5.69 Å². The second-order valence-electron chi connectivity index (χ2n) is 5.22. The van der Waals surface area contributed by atoms with Gasteiger partial charge in [-0.2, -0.15) is 0 Å². The van der Waals surface area contributed by atoms with Crippen molar-refractivity contribution in [3.63, 3.8) is 0 Å². The van der Waals surface area contributed by atoms with Gasteiger partial charge in [-0.3, -0.25) is 10.1 Å². The van der Waals surface area contributed by atoms with Gasteiger partial charge in [0.05, 0.1) is 24.2 Å². The Bertz CT molecular complexity index is 556. The molecule has 0 radical (unpaired) electrons. The molecule has 0 spiro atoms. The molecule has 128 valence electrons. The molecule has 0 aliphatic heterocycles. The third-order valence-corrected chi connectivity index (χ3v) is 2.74. The van der Waals surface area contributed by atoms with E-state index >= 15 is 0 Å². The van der Waals surface area contributed by atoms with Crippen molar-refractivity contribution in [1.29, 1.82) is 0 Å². The molecule has 0 fully saturated rings. The fourth-order valence-corrected chi connectivity index (χ4v) is 1.79. The highest BCUT2D eigenvalue weighted by Crippen LogP contribution is 2.35. The van der Waals surface area contributed by atoms with Crippen LogP contribution in [0.5, 0.6) is 11.5 Å². The second-order valence-corrected chi connectivity index (χ2v) is 5.22. The van der Waals surface area contributed by atoms with Crippen molar-refractivity contribution in [2.45, 2.75) is 46.6 Å². The lowest BCUT2D eigenvalue weighted by Crippen LogP contribution is -2.14. The van der Waals surface area contributed by atoms with Gasteiger partial charge in [-0.05, 0) is 26.7 Å². The van der Waals surface area contributed by atoms with E-state index in [-0.39, 0.29) is 28.9 Å². The molecule has 0 N–H and O–H groups in total. The zero-order valence-electron chi connectivity index (χ0n) is 14.0.